The highest BCUT2D eigenvalue weighted by Crippen LogP contribution is 2.21. The van der Waals surface area contributed by atoms with E-state index in [2.05, 4.69) is 27.7 Å². The Labute approximate surface area is 94.0 Å². The Balaban J connectivity index is 4.29. The number of aliphatic hydroxyl groups is 1. The van der Waals surface area contributed by atoms with Crippen LogP contribution in [-0.4, -0.2) is 23.5 Å². The molecule has 2 atom stereocenters. The molecule has 0 radical (unpaired) electrons. The Morgan fingerprint density at radius 2 is 1.60 bits per heavy atom. The van der Waals surface area contributed by atoms with Gasteiger partial charge in [0.25, 0.3) is 0 Å². The van der Waals surface area contributed by atoms with E-state index in [4.69, 9.17) is 10.5 Å². The summed E-state index contributed by atoms with van der Waals surface area (Å²) in [7, 11) is 0. The highest BCUT2D eigenvalue weighted by molar-refractivity contribution is 4.78. The quantitative estimate of drug-likeness (QED) is 0.669. The maximum Gasteiger partial charge on any atom is 0.159 e. The maximum atomic E-state index is 9.51. The lowest BCUT2D eigenvalue weighted by Gasteiger charge is -2.32. The van der Waals surface area contributed by atoms with E-state index in [1.54, 1.807) is 13.8 Å². The Bertz CT molecular complexity index is 173. The number of nitrogens with two attached hydrogens (primary N) is 1. The third-order valence-electron chi connectivity index (χ3n) is 2.75. The summed E-state index contributed by atoms with van der Waals surface area (Å²) in [6.45, 7) is 12.3. The lowest BCUT2D eigenvalue weighted by molar-refractivity contribution is -0.187. The van der Waals surface area contributed by atoms with Gasteiger partial charge in [-0.25, -0.2) is 0 Å². The average molecular weight is 217 g/mol. The molecule has 0 rings (SSSR count). The van der Waals surface area contributed by atoms with Crippen molar-refractivity contribution in [3.63, 3.8) is 0 Å². The van der Waals surface area contributed by atoms with Gasteiger partial charge in [-0.1, -0.05) is 27.7 Å². The smallest absolute Gasteiger partial charge is 0.159 e. The lowest BCUT2D eigenvalue weighted by atomic mass is 9.84. The summed E-state index contributed by atoms with van der Waals surface area (Å²) in [5, 5.41) is 9.51. The van der Waals surface area contributed by atoms with E-state index in [0.717, 1.165) is 0 Å². The molecule has 0 saturated carbocycles. The monoisotopic (exact) mass is 217 g/mol. The molecule has 3 N–H and O–H groups in total. The van der Waals surface area contributed by atoms with Crippen molar-refractivity contribution in [1.82, 2.24) is 0 Å². The van der Waals surface area contributed by atoms with Gasteiger partial charge in [-0.15, -0.1) is 0 Å². The number of rotatable bonds is 6. The second-order valence-electron chi connectivity index (χ2n) is 5.49. The topological polar surface area (TPSA) is 55.5 Å². The van der Waals surface area contributed by atoms with E-state index >= 15 is 0 Å². The number of ether oxygens (including phenoxy) is 1. The van der Waals surface area contributed by atoms with Crippen molar-refractivity contribution in [2.24, 2.45) is 23.5 Å². The Morgan fingerprint density at radius 1 is 1.13 bits per heavy atom. The van der Waals surface area contributed by atoms with Gasteiger partial charge < -0.3 is 15.6 Å². The second kappa shape index (κ2) is 5.83. The molecule has 92 valence electrons. The molecule has 0 bridgehead atoms. The van der Waals surface area contributed by atoms with Crippen LogP contribution in [0.1, 0.15) is 41.5 Å². The molecule has 0 fully saturated rings. The SMILES string of the molecule is CC(C)C(N)C(COC(C)(C)O)C(C)C. The highest BCUT2D eigenvalue weighted by Gasteiger charge is 2.26. The minimum Gasteiger partial charge on any atom is -0.366 e. The largest absolute Gasteiger partial charge is 0.366 e. The van der Waals surface area contributed by atoms with Crippen LogP contribution in [0.5, 0.6) is 0 Å². The van der Waals surface area contributed by atoms with Crippen LogP contribution < -0.4 is 5.73 Å². The molecule has 3 nitrogen and oxygen atoms in total. The molecule has 2 unspecified atom stereocenters. The molecule has 15 heavy (non-hydrogen) atoms. The molecule has 0 aliphatic rings. The predicted octanol–water partition coefficient (Wildman–Crippen LogP) is 1.99. The molecule has 0 spiro atoms. The molecule has 0 aromatic rings. The van der Waals surface area contributed by atoms with Crippen LogP contribution in [0.2, 0.25) is 0 Å². The summed E-state index contributed by atoms with van der Waals surface area (Å²) in [6.07, 6.45) is 0. The van der Waals surface area contributed by atoms with Gasteiger partial charge in [-0.3, -0.25) is 0 Å². The molecule has 3 heteroatoms. The van der Waals surface area contributed by atoms with Crippen molar-refractivity contribution in [3.05, 3.63) is 0 Å². The minimum atomic E-state index is -1.07. The Kier molecular flexibility index (Phi) is 5.78. The van der Waals surface area contributed by atoms with Crippen LogP contribution in [0, 0.1) is 17.8 Å². The van der Waals surface area contributed by atoms with E-state index in [1.165, 1.54) is 0 Å². The first-order valence-electron chi connectivity index (χ1n) is 5.77. The Morgan fingerprint density at radius 3 is 1.87 bits per heavy atom. The van der Waals surface area contributed by atoms with Crippen LogP contribution in [0.25, 0.3) is 0 Å². The summed E-state index contributed by atoms with van der Waals surface area (Å²) in [4.78, 5) is 0. The molecule has 0 aromatic carbocycles. The van der Waals surface area contributed by atoms with Crippen molar-refractivity contribution in [1.29, 1.82) is 0 Å². The molecular formula is C12H27NO2. The van der Waals surface area contributed by atoms with Crippen LogP contribution >= 0.6 is 0 Å². The average Bonchev–Trinajstić information content (AvgIpc) is 2.01. The third-order valence-corrected chi connectivity index (χ3v) is 2.75. The summed E-state index contributed by atoms with van der Waals surface area (Å²) in [5.41, 5.74) is 6.13. The van der Waals surface area contributed by atoms with Crippen molar-refractivity contribution in [2.75, 3.05) is 6.61 Å². The van der Waals surface area contributed by atoms with Gasteiger partial charge in [-0.05, 0) is 25.7 Å². The van der Waals surface area contributed by atoms with Crippen molar-refractivity contribution in [2.45, 2.75) is 53.4 Å². The van der Waals surface area contributed by atoms with Gasteiger partial charge in [-0.2, -0.15) is 0 Å². The van der Waals surface area contributed by atoms with Gasteiger partial charge in [0, 0.05) is 12.0 Å². The fraction of sp³-hybridized carbons (Fsp3) is 1.00. The van der Waals surface area contributed by atoms with Crippen LogP contribution in [0.3, 0.4) is 0 Å². The molecule has 0 aliphatic heterocycles. The van der Waals surface area contributed by atoms with E-state index in [9.17, 15) is 5.11 Å². The van der Waals surface area contributed by atoms with Gasteiger partial charge in [0.15, 0.2) is 5.79 Å². The van der Waals surface area contributed by atoms with E-state index < -0.39 is 5.79 Å². The minimum absolute atomic E-state index is 0.118. The molecular weight excluding hydrogens is 190 g/mol. The van der Waals surface area contributed by atoms with Gasteiger partial charge >= 0.3 is 0 Å². The first kappa shape index (κ1) is 14.9. The second-order valence-corrected chi connectivity index (χ2v) is 5.49. The highest BCUT2D eigenvalue weighted by atomic mass is 16.6. The zero-order chi connectivity index (χ0) is 12.2. The maximum absolute atomic E-state index is 9.51. The molecule has 0 heterocycles. The number of hydrogen-bond donors (Lipinski definition) is 2. The van der Waals surface area contributed by atoms with Gasteiger partial charge in [0.2, 0.25) is 0 Å². The van der Waals surface area contributed by atoms with E-state index in [-0.39, 0.29) is 12.0 Å². The summed E-state index contributed by atoms with van der Waals surface area (Å²) < 4.78 is 5.40. The summed E-state index contributed by atoms with van der Waals surface area (Å²) in [6, 6.07) is 0.118. The van der Waals surface area contributed by atoms with E-state index in [1.807, 2.05) is 0 Å². The molecule has 0 saturated heterocycles. The zero-order valence-corrected chi connectivity index (χ0v) is 10.9. The van der Waals surface area contributed by atoms with Crippen LogP contribution in [-0.2, 0) is 4.74 Å². The zero-order valence-electron chi connectivity index (χ0n) is 10.9. The fourth-order valence-corrected chi connectivity index (χ4v) is 1.54. The summed E-state index contributed by atoms with van der Waals surface area (Å²) in [5.74, 6) is 0.119. The lowest BCUT2D eigenvalue weighted by Crippen LogP contribution is -2.42. The van der Waals surface area contributed by atoms with Crippen molar-refractivity contribution in [3.8, 4) is 0 Å². The molecule has 0 aliphatic carbocycles. The van der Waals surface area contributed by atoms with E-state index in [0.29, 0.717) is 18.4 Å². The van der Waals surface area contributed by atoms with Gasteiger partial charge in [0.05, 0.1) is 6.61 Å². The normalized spacial score (nSPS) is 17.2. The molecule has 0 aromatic heterocycles. The summed E-state index contributed by atoms with van der Waals surface area (Å²) >= 11 is 0. The first-order chi connectivity index (χ1) is 6.65. The van der Waals surface area contributed by atoms with Crippen molar-refractivity contribution >= 4 is 0 Å². The first-order valence-corrected chi connectivity index (χ1v) is 5.77. The third kappa shape index (κ3) is 6.13. The van der Waals surface area contributed by atoms with Crippen molar-refractivity contribution < 1.29 is 9.84 Å². The van der Waals surface area contributed by atoms with Crippen LogP contribution in [0.15, 0.2) is 0 Å². The standard InChI is InChI=1S/C12H27NO2/c1-8(2)10(11(13)9(3)4)7-15-12(5,6)14/h8-11,14H,7,13H2,1-6H3. The van der Waals surface area contributed by atoms with Gasteiger partial charge in [0.1, 0.15) is 0 Å². The number of hydrogen-bond acceptors (Lipinski definition) is 3. The predicted molar refractivity (Wildman–Crippen MR) is 63.4 cm³/mol. The van der Waals surface area contributed by atoms with Crippen LogP contribution in [0.4, 0.5) is 0 Å². The fourth-order valence-electron chi connectivity index (χ4n) is 1.54. The molecule has 0 amide bonds. The Hall–Kier alpha value is -0.120.